The first kappa shape index (κ1) is 8.09. The van der Waals surface area contributed by atoms with E-state index in [9.17, 15) is 0 Å². The Kier molecular flexibility index (Phi) is 2.07. The van der Waals surface area contributed by atoms with Gasteiger partial charge in [-0.1, -0.05) is 29.3 Å². The number of fused-ring (bicyclic) bond motifs is 1. The van der Waals surface area contributed by atoms with E-state index in [4.69, 9.17) is 23.2 Å². The number of aliphatic imine (C=N–C) groups is 1. The van der Waals surface area contributed by atoms with E-state index in [1.807, 2.05) is 18.2 Å². The van der Waals surface area contributed by atoms with Gasteiger partial charge in [0.25, 0.3) is 0 Å². The summed E-state index contributed by atoms with van der Waals surface area (Å²) in [6.07, 6.45) is 0.937. The second-order valence-electron chi connectivity index (χ2n) is 2.72. The van der Waals surface area contributed by atoms with Crippen molar-refractivity contribution in [1.29, 1.82) is 0 Å². The molecule has 1 aliphatic rings. The molecule has 0 saturated heterocycles. The van der Waals surface area contributed by atoms with Crippen molar-refractivity contribution in [3.8, 4) is 0 Å². The summed E-state index contributed by atoms with van der Waals surface area (Å²) >= 11 is 11.7. The van der Waals surface area contributed by atoms with Crippen LogP contribution in [0.1, 0.15) is 11.1 Å². The predicted molar refractivity (Wildman–Crippen MR) is 52.4 cm³/mol. The molecule has 0 unspecified atom stereocenters. The van der Waals surface area contributed by atoms with E-state index >= 15 is 0 Å². The first-order valence-electron chi connectivity index (χ1n) is 3.76. The average molecular weight is 200 g/mol. The van der Waals surface area contributed by atoms with Crippen molar-refractivity contribution < 1.29 is 0 Å². The summed E-state index contributed by atoms with van der Waals surface area (Å²) in [7, 11) is 0. The number of benzene rings is 1. The minimum Gasteiger partial charge on any atom is -0.272 e. The van der Waals surface area contributed by atoms with E-state index in [2.05, 4.69) is 4.99 Å². The van der Waals surface area contributed by atoms with Gasteiger partial charge in [-0.25, -0.2) is 0 Å². The molecule has 0 amide bonds. The standard InChI is InChI=1S/C9H7Cl2N/c10-7-1-2-8-6(5-7)3-4-12-9(8)11/h1-2,5H,3-4H2. The molecule has 0 spiro atoms. The van der Waals surface area contributed by atoms with Gasteiger partial charge in [0.15, 0.2) is 0 Å². The van der Waals surface area contributed by atoms with E-state index in [1.54, 1.807) is 0 Å². The predicted octanol–water partition coefficient (Wildman–Crippen LogP) is 2.88. The summed E-state index contributed by atoms with van der Waals surface area (Å²) in [6.45, 7) is 0.770. The molecule has 0 fully saturated rings. The van der Waals surface area contributed by atoms with E-state index < -0.39 is 0 Å². The third-order valence-electron chi connectivity index (χ3n) is 1.92. The van der Waals surface area contributed by atoms with Crippen LogP contribution in [-0.2, 0) is 6.42 Å². The lowest BCUT2D eigenvalue weighted by molar-refractivity contribution is 0.949. The summed E-state index contributed by atoms with van der Waals surface area (Å²) in [5, 5.41) is 1.37. The van der Waals surface area contributed by atoms with Crippen LogP contribution in [0.2, 0.25) is 5.02 Å². The lowest BCUT2D eigenvalue weighted by Gasteiger charge is -2.12. The highest BCUT2D eigenvalue weighted by atomic mass is 35.5. The number of nitrogens with zero attached hydrogens (tertiary/aromatic N) is 1. The van der Waals surface area contributed by atoms with Crippen molar-refractivity contribution >= 4 is 28.4 Å². The summed E-state index contributed by atoms with van der Waals surface area (Å²) < 4.78 is 0. The van der Waals surface area contributed by atoms with Crippen molar-refractivity contribution in [2.75, 3.05) is 6.54 Å². The maximum Gasteiger partial charge on any atom is 0.131 e. The van der Waals surface area contributed by atoms with Crippen molar-refractivity contribution in [3.05, 3.63) is 34.3 Å². The number of halogens is 2. The molecule has 1 aromatic carbocycles. The second-order valence-corrected chi connectivity index (χ2v) is 3.52. The monoisotopic (exact) mass is 199 g/mol. The van der Waals surface area contributed by atoms with E-state index in [1.165, 1.54) is 5.56 Å². The molecule has 12 heavy (non-hydrogen) atoms. The topological polar surface area (TPSA) is 12.4 Å². The molecule has 0 atom stereocenters. The number of hydrogen-bond donors (Lipinski definition) is 0. The molecule has 0 bridgehead atoms. The first-order chi connectivity index (χ1) is 5.77. The molecule has 0 aliphatic carbocycles. The molecule has 62 valence electrons. The van der Waals surface area contributed by atoms with Crippen molar-refractivity contribution in [3.63, 3.8) is 0 Å². The molecule has 3 heteroatoms. The Hall–Kier alpha value is -0.530. The summed E-state index contributed by atoms with van der Waals surface area (Å²) in [5.41, 5.74) is 2.22. The molecular weight excluding hydrogens is 193 g/mol. The van der Waals surface area contributed by atoms with Gasteiger partial charge in [0.05, 0.1) is 0 Å². The Labute approximate surface area is 81.0 Å². The number of rotatable bonds is 0. The fraction of sp³-hybridized carbons (Fsp3) is 0.222. The van der Waals surface area contributed by atoms with Crippen LogP contribution in [0.15, 0.2) is 23.2 Å². The van der Waals surface area contributed by atoms with Crippen LogP contribution >= 0.6 is 23.2 Å². The Morgan fingerprint density at radius 2 is 2.08 bits per heavy atom. The molecule has 1 aliphatic heterocycles. The van der Waals surface area contributed by atoms with E-state index in [0.29, 0.717) is 5.17 Å². The minimum atomic E-state index is 0.605. The van der Waals surface area contributed by atoms with E-state index in [0.717, 1.165) is 23.6 Å². The van der Waals surface area contributed by atoms with Crippen LogP contribution in [0.4, 0.5) is 0 Å². The van der Waals surface area contributed by atoms with Gasteiger partial charge in [0, 0.05) is 17.1 Å². The van der Waals surface area contributed by atoms with Crippen LogP contribution in [0.5, 0.6) is 0 Å². The maximum absolute atomic E-state index is 5.91. The normalized spacial score (nSPS) is 15.3. The second kappa shape index (κ2) is 3.08. The molecule has 2 rings (SSSR count). The van der Waals surface area contributed by atoms with Gasteiger partial charge < -0.3 is 0 Å². The van der Waals surface area contributed by atoms with Gasteiger partial charge in [0.1, 0.15) is 5.17 Å². The lowest BCUT2D eigenvalue weighted by Crippen LogP contribution is -2.07. The number of hydrogen-bond acceptors (Lipinski definition) is 1. The fourth-order valence-corrected chi connectivity index (χ4v) is 1.79. The Balaban J connectivity index is 2.56. The van der Waals surface area contributed by atoms with Crippen molar-refractivity contribution in [1.82, 2.24) is 0 Å². The van der Waals surface area contributed by atoms with Gasteiger partial charge in [-0.2, -0.15) is 0 Å². The fourth-order valence-electron chi connectivity index (χ4n) is 1.33. The highest BCUT2D eigenvalue weighted by Crippen LogP contribution is 2.21. The Morgan fingerprint density at radius 3 is 2.92 bits per heavy atom. The molecular formula is C9H7Cl2N. The van der Waals surface area contributed by atoms with Crippen molar-refractivity contribution in [2.24, 2.45) is 4.99 Å². The van der Waals surface area contributed by atoms with Crippen LogP contribution in [0, 0.1) is 0 Å². The molecule has 0 saturated carbocycles. The molecule has 0 N–H and O–H groups in total. The smallest absolute Gasteiger partial charge is 0.131 e. The van der Waals surface area contributed by atoms with Crippen LogP contribution < -0.4 is 0 Å². The molecule has 1 heterocycles. The molecule has 0 aromatic heterocycles. The first-order valence-corrected chi connectivity index (χ1v) is 4.52. The zero-order chi connectivity index (χ0) is 8.55. The van der Waals surface area contributed by atoms with Crippen molar-refractivity contribution in [2.45, 2.75) is 6.42 Å². The molecule has 1 aromatic rings. The van der Waals surface area contributed by atoms with Gasteiger partial charge in [-0.05, 0) is 24.1 Å². The third kappa shape index (κ3) is 1.35. The summed E-state index contributed by atoms with van der Waals surface area (Å²) in [6, 6.07) is 5.71. The molecule has 1 nitrogen and oxygen atoms in total. The van der Waals surface area contributed by atoms with Gasteiger partial charge in [0.2, 0.25) is 0 Å². The maximum atomic E-state index is 5.91. The van der Waals surface area contributed by atoms with Gasteiger partial charge in [-0.3, -0.25) is 4.99 Å². The lowest BCUT2D eigenvalue weighted by atomic mass is 10.0. The Morgan fingerprint density at radius 1 is 1.25 bits per heavy atom. The van der Waals surface area contributed by atoms with Crippen LogP contribution in [0.3, 0.4) is 0 Å². The quantitative estimate of drug-likeness (QED) is 0.610. The minimum absolute atomic E-state index is 0.605. The van der Waals surface area contributed by atoms with E-state index in [-0.39, 0.29) is 0 Å². The SMILES string of the molecule is ClC1=NCCc2cc(Cl)ccc21. The molecule has 0 radical (unpaired) electrons. The van der Waals surface area contributed by atoms with Crippen LogP contribution in [0.25, 0.3) is 0 Å². The Bertz CT molecular complexity index is 344. The largest absolute Gasteiger partial charge is 0.272 e. The zero-order valence-electron chi connectivity index (χ0n) is 6.35. The van der Waals surface area contributed by atoms with Crippen LogP contribution in [-0.4, -0.2) is 11.7 Å². The third-order valence-corrected chi connectivity index (χ3v) is 2.48. The summed E-state index contributed by atoms with van der Waals surface area (Å²) in [5.74, 6) is 0. The van der Waals surface area contributed by atoms with Gasteiger partial charge in [-0.15, -0.1) is 0 Å². The highest BCUT2D eigenvalue weighted by Gasteiger charge is 2.11. The zero-order valence-corrected chi connectivity index (χ0v) is 7.86. The van der Waals surface area contributed by atoms with Gasteiger partial charge >= 0.3 is 0 Å². The average Bonchev–Trinajstić information content (AvgIpc) is 2.04. The highest BCUT2D eigenvalue weighted by molar-refractivity contribution is 6.69. The summed E-state index contributed by atoms with van der Waals surface area (Å²) in [4.78, 5) is 4.14.